The Hall–Kier alpha value is -2.47. The smallest absolute Gasteiger partial charge is 0.160 e. The summed E-state index contributed by atoms with van der Waals surface area (Å²) < 4.78 is 29.6. The molecule has 0 saturated heterocycles. The van der Waals surface area contributed by atoms with Gasteiger partial charge in [0.15, 0.2) is 11.5 Å². The Bertz CT molecular complexity index is 968. The van der Waals surface area contributed by atoms with Crippen molar-refractivity contribution in [3.63, 3.8) is 0 Å². The van der Waals surface area contributed by atoms with Gasteiger partial charge in [-0.25, -0.2) is 4.39 Å². The number of methoxy groups -OCH3 is 2. The molecule has 0 aliphatic rings. The van der Waals surface area contributed by atoms with Crippen LogP contribution >= 0.6 is 24.0 Å². The van der Waals surface area contributed by atoms with Crippen molar-refractivity contribution in [2.45, 2.75) is 19.6 Å². The Balaban J connectivity index is 0.00000341. The molecule has 0 heterocycles. The monoisotopic (exact) mass is 465 g/mol. The minimum atomic E-state index is -0.260. The summed E-state index contributed by atoms with van der Waals surface area (Å²) in [5.74, 6) is 1.93. The number of nitrogens with one attached hydrogen (secondary N) is 1. The average Bonchev–Trinajstić information content (AvgIpc) is 2.77. The fourth-order valence-corrected chi connectivity index (χ4v) is 3.26. The molecule has 0 aliphatic carbocycles. The molecule has 0 amide bonds. The predicted molar refractivity (Wildman–Crippen MR) is 124 cm³/mol. The molecule has 0 fully saturated rings. The van der Waals surface area contributed by atoms with E-state index in [1.165, 1.54) is 12.1 Å². The minimum Gasteiger partial charge on any atom is -0.493 e. The first kappa shape index (κ1) is 24.8. The van der Waals surface area contributed by atoms with Crippen molar-refractivity contribution in [1.29, 1.82) is 0 Å². The largest absolute Gasteiger partial charge is 0.493 e. The van der Waals surface area contributed by atoms with E-state index in [0.29, 0.717) is 18.2 Å². The molecule has 0 bridgehead atoms. The molecule has 3 rings (SSSR count). The number of ether oxygens (including phenoxy) is 3. The van der Waals surface area contributed by atoms with Crippen LogP contribution in [0, 0.1) is 5.82 Å². The highest BCUT2D eigenvalue weighted by Crippen LogP contribution is 2.28. The minimum absolute atomic E-state index is 0. The Morgan fingerprint density at radius 1 is 0.839 bits per heavy atom. The summed E-state index contributed by atoms with van der Waals surface area (Å²) in [6, 6.07) is 17.8. The highest BCUT2D eigenvalue weighted by molar-refractivity contribution is 6.30. The van der Waals surface area contributed by atoms with Crippen LogP contribution in [0.1, 0.15) is 16.7 Å². The molecule has 1 N–H and O–H groups in total. The second-order valence-corrected chi connectivity index (χ2v) is 7.22. The molecule has 0 radical (unpaired) electrons. The predicted octanol–water partition coefficient (Wildman–Crippen LogP) is 5.83. The lowest BCUT2D eigenvalue weighted by atomic mass is 10.1. The van der Waals surface area contributed by atoms with Crippen molar-refractivity contribution in [2.75, 3.05) is 20.8 Å². The van der Waals surface area contributed by atoms with E-state index in [2.05, 4.69) is 5.32 Å². The van der Waals surface area contributed by atoms with Crippen LogP contribution in [-0.4, -0.2) is 20.8 Å². The maximum Gasteiger partial charge on any atom is 0.160 e. The van der Waals surface area contributed by atoms with Gasteiger partial charge in [-0.1, -0.05) is 29.8 Å². The van der Waals surface area contributed by atoms with Crippen LogP contribution in [0.3, 0.4) is 0 Å². The van der Waals surface area contributed by atoms with E-state index in [9.17, 15) is 4.39 Å². The quantitative estimate of drug-likeness (QED) is 0.382. The van der Waals surface area contributed by atoms with Gasteiger partial charge in [-0.3, -0.25) is 0 Å². The second kappa shape index (κ2) is 12.4. The zero-order chi connectivity index (χ0) is 21.3. The van der Waals surface area contributed by atoms with Crippen molar-refractivity contribution < 1.29 is 18.6 Å². The van der Waals surface area contributed by atoms with Gasteiger partial charge in [0.2, 0.25) is 0 Å². The molecular weight excluding hydrogens is 440 g/mol. The van der Waals surface area contributed by atoms with Crippen LogP contribution in [0.25, 0.3) is 0 Å². The van der Waals surface area contributed by atoms with Gasteiger partial charge in [-0.15, -0.1) is 12.4 Å². The average molecular weight is 466 g/mol. The third kappa shape index (κ3) is 7.31. The number of hydrogen-bond donors (Lipinski definition) is 1. The van der Waals surface area contributed by atoms with E-state index in [0.717, 1.165) is 46.9 Å². The summed E-state index contributed by atoms with van der Waals surface area (Å²) in [5, 5.41) is 4.08. The molecule has 3 aromatic carbocycles. The van der Waals surface area contributed by atoms with E-state index in [1.54, 1.807) is 32.4 Å². The van der Waals surface area contributed by atoms with E-state index < -0.39 is 0 Å². The van der Waals surface area contributed by atoms with Gasteiger partial charge in [0.1, 0.15) is 18.2 Å². The van der Waals surface area contributed by atoms with E-state index in [1.807, 2.05) is 30.3 Å². The van der Waals surface area contributed by atoms with Crippen LogP contribution < -0.4 is 19.5 Å². The molecular formula is C24H26Cl2FNO3. The van der Waals surface area contributed by atoms with Crippen LogP contribution in [0.5, 0.6) is 17.2 Å². The van der Waals surface area contributed by atoms with Crippen molar-refractivity contribution in [3.8, 4) is 17.2 Å². The molecule has 0 unspecified atom stereocenters. The van der Waals surface area contributed by atoms with E-state index >= 15 is 0 Å². The van der Waals surface area contributed by atoms with Crippen molar-refractivity contribution >= 4 is 24.0 Å². The van der Waals surface area contributed by atoms with Gasteiger partial charge < -0.3 is 19.5 Å². The Morgan fingerprint density at radius 2 is 1.52 bits per heavy atom. The molecule has 31 heavy (non-hydrogen) atoms. The Morgan fingerprint density at radius 3 is 2.23 bits per heavy atom. The van der Waals surface area contributed by atoms with Gasteiger partial charge in [-0.2, -0.15) is 0 Å². The lowest BCUT2D eigenvalue weighted by Crippen LogP contribution is -2.17. The summed E-state index contributed by atoms with van der Waals surface area (Å²) in [6.07, 6.45) is 0.840. The zero-order valence-electron chi connectivity index (χ0n) is 17.5. The Labute approximate surface area is 193 Å². The zero-order valence-corrected chi connectivity index (χ0v) is 19.1. The molecule has 0 saturated carbocycles. The molecule has 4 nitrogen and oxygen atoms in total. The molecule has 0 aromatic heterocycles. The molecule has 0 aliphatic heterocycles. The molecule has 166 valence electrons. The topological polar surface area (TPSA) is 39.7 Å². The number of hydrogen-bond acceptors (Lipinski definition) is 4. The summed E-state index contributed by atoms with van der Waals surface area (Å²) >= 11 is 6.17. The first-order chi connectivity index (χ1) is 14.6. The highest BCUT2D eigenvalue weighted by Gasteiger charge is 2.07. The molecule has 3 aromatic rings. The van der Waals surface area contributed by atoms with E-state index in [-0.39, 0.29) is 18.2 Å². The molecule has 7 heteroatoms. The lowest BCUT2D eigenvalue weighted by Gasteiger charge is -2.13. The fraction of sp³-hybridized carbons (Fsp3) is 0.250. The van der Waals surface area contributed by atoms with Crippen molar-refractivity contribution in [3.05, 3.63) is 88.2 Å². The van der Waals surface area contributed by atoms with E-state index in [4.69, 9.17) is 25.8 Å². The molecule has 0 atom stereocenters. The third-order valence-corrected chi connectivity index (χ3v) is 4.92. The van der Waals surface area contributed by atoms with Gasteiger partial charge in [0.05, 0.1) is 14.2 Å². The molecule has 0 spiro atoms. The first-order valence-corrected chi connectivity index (χ1v) is 10.0. The third-order valence-electron chi connectivity index (χ3n) is 4.68. The van der Waals surface area contributed by atoms with Gasteiger partial charge in [-0.05, 0) is 66.6 Å². The second-order valence-electron chi connectivity index (χ2n) is 6.78. The van der Waals surface area contributed by atoms with Crippen molar-refractivity contribution in [2.24, 2.45) is 0 Å². The Kier molecular flexibility index (Phi) is 9.92. The van der Waals surface area contributed by atoms with Crippen LogP contribution in [0.15, 0.2) is 60.7 Å². The lowest BCUT2D eigenvalue weighted by molar-refractivity contribution is 0.302. The maximum absolute atomic E-state index is 13.1. The van der Waals surface area contributed by atoms with Crippen LogP contribution in [-0.2, 0) is 19.6 Å². The summed E-state index contributed by atoms with van der Waals surface area (Å²) in [5.41, 5.74) is 3.02. The first-order valence-electron chi connectivity index (χ1n) is 9.66. The van der Waals surface area contributed by atoms with Gasteiger partial charge >= 0.3 is 0 Å². The van der Waals surface area contributed by atoms with Gasteiger partial charge in [0.25, 0.3) is 0 Å². The van der Waals surface area contributed by atoms with Crippen molar-refractivity contribution in [1.82, 2.24) is 5.32 Å². The summed E-state index contributed by atoms with van der Waals surface area (Å²) in [4.78, 5) is 0. The number of halogens is 3. The highest BCUT2D eigenvalue weighted by atomic mass is 35.5. The number of rotatable bonds is 10. The van der Waals surface area contributed by atoms with Crippen LogP contribution in [0.4, 0.5) is 4.39 Å². The van der Waals surface area contributed by atoms with Gasteiger partial charge in [0, 0.05) is 17.1 Å². The SMILES string of the molecule is COc1ccc(CCNCc2cc(Cl)ccc2OCc2ccc(F)cc2)cc1OC.Cl. The summed E-state index contributed by atoms with van der Waals surface area (Å²) in [7, 11) is 3.26. The standard InChI is InChI=1S/C24H25ClFNO3.ClH/c1-28-23-9-5-17(13-24(23)29-2)11-12-27-15-19-14-20(25)6-10-22(19)30-16-18-3-7-21(26)8-4-18;/h3-10,13-14,27H,11-12,15-16H2,1-2H3;1H. The maximum atomic E-state index is 13.1. The summed E-state index contributed by atoms with van der Waals surface area (Å²) in [6.45, 7) is 1.76. The fourth-order valence-electron chi connectivity index (χ4n) is 3.06. The van der Waals surface area contributed by atoms with Crippen LogP contribution in [0.2, 0.25) is 5.02 Å². The normalized spacial score (nSPS) is 10.3. The number of benzene rings is 3.